The van der Waals surface area contributed by atoms with Gasteiger partial charge >= 0.3 is 0 Å². The van der Waals surface area contributed by atoms with Crippen LogP contribution in [-0.2, 0) is 0 Å². The van der Waals surface area contributed by atoms with E-state index in [2.05, 4.69) is 26.1 Å². The Morgan fingerprint density at radius 3 is 2.50 bits per heavy atom. The van der Waals surface area contributed by atoms with Gasteiger partial charge in [0, 0.05) is 55.3 Å². The van der Waals surface area contributed by atoms with Gasteiger partial charge in [0.25, 0.3) is 5.91 Å². The Bertz CT molecular complexity index is 513. The van der Waals surface area contributed by atoms with Crippen molar-refractivity contribution in [3.8, 4) is 0 Å². The first-order chi connectivity index (χ1) is 9.65. The Morgan fingerprint density at radius 1 is 1.25 bits per heavy atom. The summed E-state index contributed by atoms with van der Waals surface area (Å²) in [6, 6.07) is 6.04. The second-order valence-corrected chi connectivity index (χ2v) is 6.53. The average molecular weight is 359 g/mol. The lowest BCUT2D eigenvalue weighted by molar-refractivity contribution is 0.0502. The van der Waals surface area contributed by atoms with Crippen molar-refractivity contribution >= 4 is 33.4 Å². The highest BCUT2D eigenvalue weighted by molar-refractivity contribution is 9.10. The number of amides is 1. The third-order valence-electron chi connectivity index (χ3n) is 4.04. The highest BCUT2D eigenvalue weighted by Crippen LogP contribution is 2.24. The smallest absolute Gasteiger partial charge is 0.253 e. The van der Waals surface area contributed by atoms with Gasteiger partial charge in [0.15, 0.2) is 0 Å². The maximum absolute atomic E-state index is 12.4. The summed E-state index contributed by atoms with van der Waals surface area (Å²) in [7, 11) is 0. The second-order valence-electron chi connectivity index (χ2n) is 5.27. The molecule has 2 heterocycles. The molecule has 0 bridgehead atoms. The Labute approximate surface area is 132 Å². The van der Waals surface area contributed by atoms with Crippen LogP contribution in [0.15, 0.2) is 22.7 Å². The number of benzene rings is 1. The lowest BCUT2D eigenvalue weighted by atomic mass is 10.1. The molecule has 0 atom stereocenters. The van der Waals surface area contributed by atoms with Gasteiger partial charge in [-0.15, -0.1) is 0 Å². The monoisotopic (exact) mass is 357 g/mol. The van der Waals surface area contributed by atoms with Crippen LogP contribution in [-0.4, -0.2) is 61.0 Å². The number of hydrogen-bond donors (Lipinski definition) is 1. The van der Waals surface area contributed by atoms with E-state index in [0.717, 1.165) is 43.7 Å². The fourth-order valence-electron chi connectivity index (χ4n) is 2.63. The van der Waals surface area contributed by atoms with E-state index in [1.165, 1.54) is 0 Å². The molecule has 6 heteroatoms. The molecule has 0 aliphatic carbocycles. The first-order valence-electron chi connectivity index (χ1n) is 6.84. The zero-order valence-corrected chi connectivity index (χ0v) is 13.5. The van der Waals surface area contributed by atoms with Crippen LogP contribution in [0.5, 0.6) is 0 Å². The molecule has 0 unspecified atom stereocenters. The van der Waals surface area contributed by atoms with Crippen molar-refractivity contribution in [1.82, 2.24) is 15.1 Å². The molecular formula is C14H17BrClN3O. The normalized spacial score (nSPS) is 20.8. The van der Waals surface area contributed by atoms with Crippen LogP contribution in [0.1, 0.15) is 10.4 Å². The second kappa shape index (κ2) is 6.02. The summed E-state index contributed by atoms with van der Waals surface area (Å²) in [4.78, 5) is 16.8. The van der Waals surface area contributed by atoms with E-state index in [-0.39, 0.29) is 5.91 Å². The van der Waals surface area contributed by atoms with Crippen LogP contribution in [0, 0.1) is 0 Å². The highest BCUT2D eigenvalue weighted by Gasteiger charge is 2.29. The Kier molecular flexibility index (Phi) is 4.31. The van der Waals surface area contributed by atoms with Crippen LogP contribution >= 0.6 is 27.5 Å². The van der Waals surface area contributed by atoms with E-state index >= 15 is 0 Å². The number of nitrogens with zero attached hydrogens (tertiary/aromatic N) is 2. The van der Waals surface area contributed by atoms with Crippen LogP contribution in [0.2, 0.25) is 5.02 Å². The molecule has 2 aliphatic heterocycles. The SMILES string of the molecule is O=C(c1ccc(Br)c(Cl)c1)N1CCN(C2CNC2)CC1. The van der Waals surface area contributed by atoms with Crippen LogP contribution in [0.25, 0.3) is 0 Å². The largest absolute Gasteiger partial charge is 0.336 e. The van der Waals surface area contributed by atoms with E-state index in [9.17, 15) is 4.79 Å². The lowest BCUT2D eigenvalue weighted by Gasteiger charge is -2.43. The first kappa shape index (κ1) is 14.3. The van der Waals surface area contributed by atoms with E-state index < -0.39 is 0 Å². The maximum atomic E-state index is 12.4. The van der Waals surface area contributed by atoms with Crippen molar-refractivity contribution in [2.45, 2.75) is 6.04 Å². The maximum Gasteiger partial charge on any atom is 0.253 e. The van der Waals surface area contributed by atoms with Gasteiger partial charge < -0.3 is 10.2 Å². The minimum Gasteiger partial charge on any atom is -0.336 e. The molecule has 1 aromatic carbocycles. The summed E-state index contributed by atoms with van der Waals surface area (Å²) in [5, 5.41) is 3.87. The van der Waals surface area contributed by atoms with Crippen molar-refractivity contribution in [1.29, 1.82) is 0 Å². The summed E-state index contributed by atoms with van der Waals surface area (Å²) in [6.07, 6.45) is 0. The van der Waals surface area contributed by atoms with Crippen molar-refractivity contribution < 1.29 is 4.79 Å². The molecule has 2 aliphatic rings. The molecule has 108 valence electrons. The van der Waals surface area contributed by atoms with Gasteiger partial charge in [-0.1, -0.05) is 11.6 Å². The number of carbonyl (C=O) groups is 1. The third kappa shape index (κ3) is 2.86. The van der Waals surface area contributed by atoms with Gasteiger partial charge in [0.2, 0.25) is 0 Å². The predicted octanol–water partition coefficient (Wildman–Crippen LogP) is 1.83. The molecule has 2 saturated heterocycles. The molecular weight excluding hydrogens is 342 g/mol. The molecule has 0 saturated carbocycles. The van der Waals surface area contributed by atoms with Gasteiger partial charge in [-0.3, -0.25) is 9.69 Å². The van der Waals surface area contributed by atoms with Crippen LogP contribution in [0.3, 0.4) is 0 Å². The topological polar surface area (TPSA) is 35.6 Å². The van der Waals surface area contributed by atoms with Crippen molar-refractivity contribution in [3.63, 3.8) is 0 Å². The molecule has 0 radical (unpaired) electrons. The van der Waals surface area contributed by atoms with Crippen molar-refractivity contribution in [2.24, 2.45) is 0 Å². The Balaban J connectivity index is 1.62. The number of piperazine rings is 1. The van der Waals surface area contributed by atoms with Gasteiger partial charge in [-0.25, -0.2) is 0 Å². The average Bonchev–Trinajstić information content (AvgIpc) is 2.40. The van der Waals surface area contributed by atoms with Gasteiger partial charge in [-0.05, 0) is 34.1 Å². The van der Waals surface area contributed by atoms with Gasteiger partial charge in [0.05, 0.1) is 5.02 Å². The van der Waals surface area contributed by atoms with Gasteiger partial charge in [-0.2, -0.15) is 0 Å². The number of rotatable bonds is 2. The fourth-order valence-corrected chi connectivity index (χ4v) is 3.06. The number of hydrogen-bond acceptors (Lipinski definition) is 3. The zero-order chi connectivity index (χ0) is 14.1. The van der Waals surface area contributed by atoms with E-state index in [4.69, 9.17) is 11.6 Å². The number of halogens is 2. The standard InChI is InChI=1S/C14H17BrClN3O/c15-12-2-1-10(7-13(12)16)14(20)19-5-3-18(4-6-19)11-8-17-9-11/h1-2,7,11,17H,3-6,8-9H2. The highest BCUT2D eigenvalue weighted by atomic mass is 79.9. The molecule has 2 fully saturated rings. The molecule has 3 rings (SSSR count). The van der Waals surface area contributed by atoms with E-state index in [0.29, 0.717) is 16.6 Å². The summed E-state index contributed by atoms with van der Waals surface area (Å²) in [6.45, 7) is 5.67. The van der Waals surface area contributed by atoms with Crippen molar-refractivity contribution in [2.75, 3.05) is 39.3 Å². The van der Waals surface area contributed by atoms with Crippen molar-refractivity contribution in [3.05, 3.63) is 33.3 Å². The molecule has 1 N–H and O–H groups in total. The van der Waals surface area contributed by atoms with Gasteiger partial charge in [0.1, 0.15) is 0 Å². The lowest BCUT2D eigenvalue weighted by Crippen LogP contribution is -2.62. The third-order valence-corrected chi connectivity index (χ3v) is 5.28. The fraction of sp³-hybridized carbons (Fsp3) is 0.500. The summed E-state index contributed by atoms with van der Waals surface area (Å²) in [5.41, 5.74) is 0.664. The molecule has 4 nitrogen and oxygen atoms in total. The number of nitrogens with one attached hydrogen (secondary N) is 1. The minimum absolute atomic E-state index is 0.0748. The molecule has 0 aromatic heterocycles. The molecule has 20 heavy (non-hydrogen) atoms. The molecule has 1 aromatic rings. The zero-order valence-electron chi connectivity index (χ0n) is 11.1. The minimum atomic E-state index is 0.0748. The molecule has 1 amide bonds. The Morgan fingerprint density at radius 2 is 1.95 bits per heavy atom. The van der Waals surface area contributed by atoms with E-state index in [1.807, 2.05) is 17.0 Å². The molecule has 0 spiro atoms. The summed E-state index contributed by atoms with van der Waals surface area (Å²) >= 11 is 9.40. The quantitative estimate of drug-likeness (QED) is 0.876. The van der Waals surface area contributed by atoms with E-state index in [1.54, 1.807) is 6.07 Å². The van der Waals surface area contributed by atoms with Crippen LogP contribution in [0.4, 0.5) is 0 Å². The predicted molar refractivity (Wildman–Crippen MR) is 83.3 cm³/mol. The van der Waals surface area contributed by atoms with Crippen LogP contribution < -0.4 is 5.32 Å². The summed E-state index contributed by atoms with van der Waals surface area (Å²) < 4.78 is 0.818. The first-order valence-corrected chi connectivity index (χ1v) is 8.01. The number of carbonyl (C=O) groups excluding carboxylic acids is 1. The summed E-state index contributed by atoms with van der Waals surface area (Å²) in [5.74, 6) is 0.0748. The Hall–Kier alpha value is -0.620.